The smallest absolute Gasteiger partial charge is 0.221 e. The Balaban J connectivity index is 2.17. The van der Waals surface area contributed by atoms with Crippen molar-refractivity contribution in [3.8, 4) is 0 Å². The van der Waals surface area contributed by atoms with Gasteiger partial charge in [0.05, 0.1) is 6.42 Å². The van der Waals surface area contributed by atoms with Gasteiger partial charge in [-0.2, -0.15) is 0 Å². The SMILES string of the molecule is CC1CCCCC1Nc1cc(Cl)ncc1CC(N)=O. The molecule has 2 unspecified atom stereocenters. The number of halogens is 1. The third-order valence-corrected chi connectivity index (χ3v) is 3.98. The number of amides is 1. The van der Waals surface area contributed by atoms with Gasteiger partial charge in [-0.3, -0.25) is 4.79 Å². The molecule has 1 aromatic rings. The normalized spacial score (nSPS) is 23.1. The molecule has 3 N–H and O–H groups in total. The average Bonchev–Trinajstić information content (AvgIpc) is 2.35. The molecule has 19 heavy (non-hydrogen) atoms. The predicted octanol–water partition coefficient (Wildman–Crippen LogP) is 2.75. The quantitative estimate of drug-likeness (QED) is 0.834. The van der Waals surface area contributed by atoms with Gasteiger partial charge in [-0.05, 0) is 24.8 Å². The lowest BCUT2D eigenvalue weighted by Gasteiger charge is -2.31. The first kappa shape index (κ1) is 14.1. The lowest BCUT2D eigenvalue weighted by molar-refractivity contribution is -0.117. The molecule has 1 aliphatic rings. The molecular weight excluding hydrogens is 262 g/mol. The number of nitrogens with zero attached hydrogens (tertiary/aromatic N) is 1. The Hall–Kier alpha value is -1.29. The Morgan fingerprint density at radius 3 is 2.95 bits per heavy atom. The van der Waals surface area contributed by atoms with Crippen LogP contribution < -0.4 is 11.1 Å². The van der Waals surface area contributed by atoms with Crippen LogP contribution in [-0.4, -0.2) is 16.9 Å². The van der Waals surface area contributed by atoms with Crippen molar-refractivity contribution in [1.82, 2.24) is 4.98 Å². The molecule has 0 radical (unpaired) electrons. The Kier molecular flexibility index (Phi) is 4.64. The number of aromatic nitrogens is 1. The second-order valence-corrected chi connectivity index (χ2v) is 5.71. The molecule has 1 heterocycles. The van der Waals surface area contributed by atoms with Gasteiger partial charge in [0.15, 0.2) is 0 Å². The zero-order valence-corrected chi connectivity index (χ0v) is 11.9. The summed E-state index contributed by atoms with van der Waals surface area (Å²) in [6.07, 6.45) is 6.74. The molecule has 2 atom stereocenters. The topological polar surface area (TPSA) is 68.0 Å². The van der Waals surface area contributed by atoms with Gasteiger partial charge in [0, 0.05) is 23.5 Å². The van der Waals surface area contributed by atoms with Crippen molar-refractivity contribution in [3.63, 3.8) is 0 Å². The molecule has 0 aromatic carbocycles. The highest BCUT2D eigenvalue weighted by Crippen LogP contribution is 2.29. The minimum absolute atomic E-state index is 0.188. The van der Waals surface area contributed by atoms with Crippen LogP contribution in [0.1, 0.15) is 38.2 Å². The summed E-state index contributed by atoms with van der Waals surface area (Å²) in [5, 5.41) is 3.94. The molecular formula is C14H20ClN3O. The van der Waals surface area contributed by atoms with E-state index in [1.165, 1.54) is 19.3 Å². The van der Waals surface area contributed by atoms with Gasteiger partial charge in [0.25, 0.3) is 0 Å². The number of anilines is 1. The molecule has 4 nitrogen and oxygen atoms in total. The summed E-state index contributed by atoms with van der Waals surface area (Å²) in [4.78, 5) is 15.1. The van der Waals surface area contributed by atoms with Crippen LogP contribution in [0.25, 0.3) is 0 Å². The minimum atomic E-state index is -0.358. The maximum atomic E-state index is 11.1. The van der Waals surface area contributed by atoms with Crippen molar-refractivity contribution >= 4 is 23.2 Å². The van der Waals surface area contributed by atoms with Crippen LogP contribution in [0.2, 0.25) is 5.15 Å². The van der Waals surface area contributed by atoms with Gasteiger partial charge in [-0.15, -0.1) is 0 Å². The van der Waals surface area contributed by atoms with E-state index in [4.69, 9.17) is 17.3 Å². The van der Waals surface area contributed by atoms with E-state index < -0.39 is 0 Å². The Morgan fingerprint density at radius 2 is 2.26 bits per heavy atom. The number of nitrogens with two attached hydrogens (primary N) is 1. The summed E-state index contributed by atoms with van der Waals surface area (Å²) in [6.45, 7) is 2.26. The zero-order chi connectivity index (χ0) is 13.8. The second-order valence-electron chi connectivity index (χ2n) is 5.32. The standard InChI is InChI=1S/C14H20ClN3O/c1-9-4-2-3-5-11(9)18-12-7-13(15)17-8-10(12)6-14(16)19/h7-9,11H,2-6H2,1H3,(H2,16,19)(H,17,18). The van der Waals surface area contributed by atoms with Gasteiger partial charge in [0.2, 0.25) is 5.91 Å². The van der Waals surface area contributed by atoms with E-state index in [0.29, 0.717) is 17.1 Å². The van der Waals surface area contributed by atoms with E-state index >= 15 is 0 Å². The van der Waals surface area contributed by atoms with Crippen LogP contribution in [0.3, 0.4) is 0 Å². The van der Waals surface area contributed by atoms with Gasteiger partial charge in [-0.1, -0.05) is 31.4 Å². The van der Waals surface area contributed by atoms with Gasteiger partial charge < -0.3 is 11.1 Å². The van der Waals surface area contributed by atoms with Crippen LogP contribution in [0.4, 0.5) is 5.69 Å². The molecule has 0 aliphatic heterocycles. The highest BCUT2D eigenvalue weighted by atomic mass is 35.5. The summed E-state index contributed by atoms with van der Waals surface area (Å²) in [7, 11) is 0. The van der Waals surface area contributed by atoms with E-state index in [2.05, 4.69) is 17.2 Å². The molecule has 1 aromatic heterocycles. The molecule has 0 spiro atoms. The minimum Gasteiger partial charge on any atom is -0.382 e. The van der Waals surface area contributed by atoms with E-state index in [0.717, 1.165) is 17.7 Å². The molecule has 1 aliphatic carbocycles. The van der Waals surface area contributed by atoms with Crippen LogP contribution in [0, 0.1) is 5.92 Å². The van der Waals surface area contributed by atoms with Crippen molar-refractivity contribution in [2.24, 2.45) is 11.7 Å². The van der Waals surface area contributed by atoms with Crippen LogP contribution >= 0.6 is 11.6 Å². The number of hydrogen-bond donors (Lipinski definition) is 2. The first-order valence-electron chi connectivity index (χ1n) is 6.75. The predicted molar refractivity (Wildman–Crippen MR) is 77.2 cm³/mol. The number of pyridine rings is 1. The number of nitrogens with one attached hydrogen (secondary N) is 1. The van der Waals surface area contributed by atoms with Crippen molar-refractivity contribution in [3.05, 3.63) is 23.0 Å². The summed E-state index contributed by atoms with van der Waals surface area (Å²) >= 11 is 5.94. The molecule has 1 amide bonds. The summed E-state index contributed by atoms with van der Waals surface area (Å²) in [5.74, 6) is 0.269. The van der Waals surface area contributed by atoms with Crippen LogP contribution in [0.15, 0.2) is 12.3 Å². The molecule has 104 valence electrons. The number of carbonyl (C=O) groups excluding carboxylic acids is 1. The van der Waals surface area contributed by atoms with E-state index in [-0.39, 0.29) is 12.3 Å². The fourth-order valence-corrected chi connectivity index (χ4v) is 2.81. The Labute approximate surface area is 118 Å². The number of primary amides is 1. The van der Waals surface area contributed by atoms with Gasteiger partial charge >= 0.3 is 0 Å². The first-order chi connectivity index (χ1) is 9.06. The maximum absolute atomic E-state index is 11.1. The van der Waals surface area contributed by atoms with Crippen LogP contribution in [0.5, 0.6) is 0 Å². The van der Waals surface area contributed by atoms with Crippen molar-refractivity contribution in [1.29, 1.82) is 0 Å². The third-order valence-electron chi connectivity index (χ3n) is 3.77. The molecule has 5 heteroatoms. The number of rotatable bonds is 4. The monoisotopic (exact) mass is 281 g/mol. The molecule has 0 saturated heterocycles. The Bertz CT molecular complexity index is 464. The number of hydrogen-bond acceptors (Lipinski definition) is 3. The van der Waals surface area contributed by atoms with E-state index in [1.54, 1.807) is 12.3 Å². The van der Waals surface area contributed by atoms with Crippen molar-refractivity contribution < 1.29 is 4.79 Å². The third kappa shape index (κ3) is 3.83. The average molecular weight is 282 g/mol. The fraction of sp³-hybridized carbons (Fsp3) is 0.571. The van der Waals surface area contributed by atoms with Gasteiger partial charge in [0.1, 0.15) is 5.15 Å². The lowest BCUT2D eigenvalue weighted by Crippen LogP contribution is -2.31. The molecule has 0 bridgehead atoms. The highest BCUT2D eigenvalue weighted by molar-refractivity contribution is 6.29. The largest absolute Gasteiger partial charge is 0.382 e. The van der Waals surface area contributed by atoms with Gasteiger partial charge in [-0.25, -0.2) is 4.98 Å². The first-order valence-corrected chi connectivity index (χ1v) is 7.13. The lowest BCUT2D eigenvalue weighted by atomic mass is 9.85. The molecule has 1 fully saturated rings. The fourth-order valence-electron chi connectivity index (χ4n) is 2.65. The number of carbonyl (C=O) groups is 1. The highest BCUT2D eigenvalue weighted by Gasteiger charge is 2.22. The zero-order valence-electron chi connectivity index (χ0n) is 11.2. The van der Waals surface area contributed by atoms with E-state index in [9.17, 15) is 4.79 Å². The summed E-state index contributed by atoms with van der Waals surface area (Å²) in [5.41, 5.74) is 6.97. The van der Waals surface area contributed by atoms with Crippen LogP contribution in [-0.2, 0) is 11.2 Å². The second kappa shape index (κ2) is 6.24. The molecule has 2 rings (SSSR count). The Morgan fingerprint density at radius 1 is 1.53 bits per heavy atom. The maximum Gasteiger partial charge on any atom is 0.221 e. The van der Waals surface area contributed by atoms with Crippen molar-refractivity contribution in [2.45, 2.75) is 45.1 Å². The summed E-state index contributed by atoms with van der Waals surface area (Å²) in [6, 6.07) is 2.21. The van der Waals surface area contributed by atoms with E-state index in [1.807, 2.05) is 0 Å². The van der Waals surface area contributed by atoms with Crippen molar-refractivity contribution in [2.75, 3.05) is 5.32 Å². The molecule has 1 saturated carbocycles. The summed E-state index contributed by atoms with van der Waals surface area (Å²) < 4.78 is 0.